The first-order valence-electron chi connectivity index (χ1n) is 6.29. The van der Waals surface area contributed by atoms with Gasteiger partial charge in [-0.15, -0.1) is 0 Å². The predicted molar refractivity (Wildman–Crippen MR) is 69.3 cm³/mol. The Labute approximate surface area is 110 Å². The molecule has 19 heavy (non-hydrogen) atoms. The minimum atomic E-state index is -1.00. The summed E-state index contributed by atoms with van der Waals surface area (Å²) in [5.41, 5.74) is 2.29. The van der Waals surface area contributed by atoms with Gasteiger partial charge in [0.05, 0.1) is 4.92 Å². The van der Waals surface area contributed by atoms with Gasteiger partial charge in [0.15, 0.2) is 0 Å². The third kappa shape index (κ3) is 3.43. The molecule has 1 amide bonds. The molecule has 2 rings (SSSR count). The Morgan fingerprint density at radius 3 is 2.68 bits per heavy atom. The average molecular weight is 264 g/mol. The third-order valence-corrected chi connectivity index (χ3v) is 3.59. The second-order valence-electron chi connectivity index (χ2n) is 4.84. The minimum absolute atomic E-state index is 0.126. The summed E-state index contributed by atoms with van der Waals surface area (Å²) in [6, 6.07) is 5.00. The van der Waals surface area contributed by atoms with Crippen molar-refractivity contribution >= 4 is 11.8 Å². The van der Waals surface area contributed by atoms with E-state index in [1.165, 1.54) is 6.07 Å². The Balaban J connectivity index is 2.05. The van der Waals surface area contributed by atoms with Gasteiger partial charge in [-0.1, -0.05) is 6.07 Å². The lowest BCUT2D eigenvalue weighted by molar-refractivity contribution is -0.384. The van der Waals surface area contributed by atoms with E-state index < -0.39 is 6.09 Å². The fourth-order valence-corrected chi connectivity index (χ4v) is 2.50. The molecular formula is C13H16N2O4. The number of fused-ring (bicyclic) bond motifs is 1. The average Bonchev–Trinajstić information content (AvgIpc) is 2.57. The SMILES string of the molecule is O=C(O)NCC1CCc2ccc([N+](=O)[O-])cc2CC1. The highest BCUT2D eigenvalue weighted by Gasteiger charge is 2.18. The molecule has 0 saturated heterocycles. The van der Waals surface area contributed by atoms with E-state index in [4.69, 9.17) is 5.11 Å². The number of rotatable bonds is 3. The zero-order chi connectivity index (χ0) is 13.8. The number of hydrogen-bond acceptors (Lipinski definition) is 3. The molecule has 1 aromatic rings. The summed E-state index contributed by atoms with van der Waals surface area (Å²) >= 11 is 0. The fourth-order valence-electron chi connectivity index (χ4n) is 2.50. The van der Waals surface area contributed by atoms with Gasteiger partial charge in [0.25, 0.3) is 5.69 Å². The van der Waals surface area contributed by atoms with Crippen molar-refractivity contribution in [3.63, 3.8) is 0 Å². The van der Waals surface area contributed by atoms with Gasteiger partial charge >= 0.3 is 6.09 Å². The zero-order valence-electron chi connectivity index (χ0n) is 10.5. The van der Waals surface area contributed by atoms with Gasteiger partial charge in [-0.05, 0) is 42.7 Å². The number of aryl methyl sites for hydroxylation is 2. The maximum Gasteiger partial charge on any atom is 0.404 e. The van der Waals surface area contributed by atoms with Crippen molar-refractivity contribution in [1.82, 2.24) is 5.32 Å². The molecular weight excluding hydrogens is 248 g/mol. The molecule has 6 nitrogen and oxygen atoms in total. The van der Waals surface area contributed by atoms with Crippen molar-refractivity contribution in [3.05, 3.63) is 39.4 Å². The van der Waals surface area contributed by atoms with Crippen LogP contribution in [0, 0.1) is 16.0 Å². The quantitative estimate of drug-likeness (QED) is 0.498. The van der Waals surface area contributed by atoms with E-state index in [1.54, 1.807) is 6.07 Å². The maximum absolute atomic E-state index is 10.7. The van der Waals surface area contributed by atoms with Crippen molar-refractivity contribution in [3.8, 4) is 0 Å². The molecule has 1 aromatic carbocycles. The van der Waals surface area contributed by atoms with Gasteiger partial charge in [0.1, 0.15) is 0 Å². The lowest BCUT2D eigenvalue weighted by atomic mass is 10.00. The van der Waals surface area contributed by atoms with Crippen molar-refractivity contribution in [2.24, 2.45) is 5.92 Å². The summed E-state index contributed by atoms with van der Waals surface area (Å²) in [6.45, 7) is 0.450. The van der Waals surface area contributed by atoms with Crippen LogP contribution in [-0.4, -0.2) is 22.7 Å². The summed E-state index contributed by atoms with van der Waals surface area (Å²) < 4.78 is 0. The monoisotopic (exact) mass is 264 g/mol. The van der Waals surface area contributed by atoms with Crippen LogP contribution in [0.1, 0.15) is 24.0 Å². The van der Waals surface area contributed by atoms with Crippen LogP contribution in [0.15, 0.2) is 18.2 Å². The highest BCUT2D eigenvalue weighted by atomic mass is 16.6. The summed E-state index contributed by atoms with van der Waals surface area (Å²) in [5, 5.41) is 21.8. The number of carboxylic acid groups (broad SMARTS) is 1. The fraction of sp³-hybridized carbons (Fsp3) is 0.462. The smallest absolute Gasteiger partial charge is 0.404 e. The topological polar surface area (TPSA) is 92.5 Å². The molecule has 0 fully saturated rings. The second kappa shape index (κ2) is 5.69. The number of amides is 1. The molecule has 1 aliphatic carbocycles. The molecule has 0 heterocycles. The maximum atomic E-state index is 10.7. The number of nitrogens with zero attached hydrogens (tertiary/aromatic N) is 1. The Morgan fingerprint density at radius 1 is 1.37 bits per heavy atom. The van der Waals surface area contributed by atoms with Gasteiger partial charge in [-0.2, -0.15) is 0 Å². The van der Waals surface area contributed by atoms with Crippen molar-refractivity contribution in [2.45, 2.75) is 25.7 Å². The highest BCUT2D eigenvalue weighted by molar-refractivity contribution is 5.64. The number of hydrogen-bond donors (Lipinski definition) is 2. The molecule has 0 aromatic heterocycles. The Hall–Kier alpha value is -2.11. The van der Waals surface area contributed by atoms with Crippen LogP contribution >= 0.6 is 0 Å². The number of non-ortho nitro benzene ring substituents is 1. The first kappa shape index (κ1) is 13.3. The lowest BCUT2D eigenvalue weighted by Gasteiger charge is -2.12. The van der Waals surface area contributed by atoms with E-state index in [0.717, 1.165) is 36.8 Å². The van der Waals surface area contributed by atoms with Crippen molar-refractivity contribution in [2.75, 3.05) is 6.54 Å². The number of nitrogens with one attached hydrogen (secondary N) is 1. The molecule has 102 valence electrons. The normalized spacial score (nSPS) is 18.2. The molecule has 6 heteroatoms. The number of nitro benzene ring substituents is 1. The van der Waals surface area contributed by atoms with E-state index in [0.29, 0.717) is 12.5 Å². The van der Waals surface area contributed by atoms with Gasteiger partial charge in [0.2, 0.25) is 0 Å². The van der Waals surface area contributed by atoms with Crippen molar-refractivity contribution in [1.29, 1.82) is 0 Å². The second-order valence-corrected chi connectivity index (χ2v) is 4.84. The molecule has 0 radical (unpaired) electrons. The van der Waals surface area contributed by atoms with Crippen LogP contribution in [0.5, 0.6) is 0 Å². The van der Waals surface area contributed by atoms with Crippen LogP contribution in [0.3, 0.4) is 0 Å². The Morgan fingerprint density at radius 2 is 2.05 bits per heavy atom. The van der Waals surface area contributed by atoms with E-state index in [9.17, 15) is 14.9 Å². The predicted octanol–water partition coefficient (Wildman–Crippen LogP) is 2.36. The standard InChI is InChI=1S/C13H16N2O4/c16-13(17)14-8-9-1-3-10-5-6-12(15(18)19)7-11(10)4-2-9/h5-7,9,14H,1-4,8H2,(H,16,17). The van der Waals surface area contributed by atoms with E-state index in [1.807, 2.05) is 6.07 Å². The molecule has 0 spiro atoms. The summed E-state index contributed by atoms with van der Waals surface area (Å²) in [4.78, 5) is 20.8. The third-order valence-electron chi connectivity index (χ3n) is 3.59. The highest BCUT2D eigenvalue weighted by Crippen LogP contribution is 2.27. The van der Waals surface area contributed by atoms with E-state index >= 15 is 0 Å². The molecule has 1 unspecified atom stereocenters. The van der Waals surface area contributed by atoms with Crippen LogP contribution in [0.2, 0.25) is 0 Å². The molecule has 0 saturated carbocycles. The summed E-state index contributed by atoms with van der Waals surface area (Å²) in [7, 11) is 0. The van der Waals surface area contributed by atoms with Crippen LogP contribution in [0.25, 0.3) is 0 Å². The van der Waals surface area contributed by atoms with E-state index in [-0.39, 0.29) is 10.6 Å². The summed E-state index contributed by atoms with van der Waals surface area (Å²) in [6.07, 6.45) is 2.37. The number of nitro groups is 1. The Bertz CT molecular complexity index is 501. The number of benzene rings is 1. The molecule has 1 atom stereocenters. The van der Waals surface area contributed by atoms with E-state index in [2.05, 4.69) is 5.32 Å². The summed E-state index contributed by atoms with van der Waals surface area (Å²) in [5.74, 6) is 0.294. The first-order valence-corrected chi connectivity index (χ1v) is 6.29. The molecule has 1 aliphatic rings. The molecule has 0 aliphatic heterocycles. The minimum Gasteiger partial charge on any atom is -0.465 e. The first-order chi connectivity index (χ1) is 9.06. The largest absolute Gasteiger partial charge is 0.465 e. The van der Waals surface area contributed by atoms with Gasteiger partial charge in [-0.3, -0.25) is 10.1 Å². The lowest BCUT2D eigenvalue weighted by Crippen LogP contribution is -2.27. The van der Waals surface area contributed by atoms with Crippen LogP contribution < -0.4 is 5.32 Å². The molecule has 0 bridgehead atoms. The van der Waals surface area contributed by atoms with Crippen molar-refractivity contribution < 1.29 is 14.8 Å². The Kier molecular flexibility index (Phi) is 3.99. The van der Waals surface area contributed by atoms with Gasteiger partial charge < -0.3 is 10.4 Å². The van der Waals surface area contributed by atoms with Crippen LogP contribution in [0.4, 0.5) is 10.5 Å². The van der Waals surface area contributed by atoms with Gasteiger partial charge in [0, 0.05) is 18.7 Å². The van der Waals surface area contributed by atoms with Gasteiger partial charge in [-0.25, -0.2) is 4.79 Å². The van der Waals surface area contributed by atoms with Crippen LogP contribution in [-0.2, 0) is 12.8 Å². The molecule has 2 N–H and O–H groups in total. The number of carbonyl (C=O) groups is 1. The zero-order valence-corrected chi connectivity index (χ0v) is 10.5.